The van der Waals surface area contributed by atoms with Crippen molar-refractivity contribution in [2.75, 3.05) is 14.2 Å². The van der Waals surface area contributed by atoms with Crippen molar-refractivity contribution in [2.24, 2.45) is 5.10 Å². The van der Waals surface area contributed by atoms with Crippen LogP contribution in [0.2, 0.25) is 0 Å². The molecule has 0 heterocycles. The quantitative estimate of drug-likeness (QED) is 0.452. The van der Waals surface area contributed by atoms with Crippen LogP contribution in [0.15, 0.2) is 23.3 Å². The molecule has 0 unspecified atom stereocenters. The molecule has 0 atom stereocenters. The zero-order valence-corrected chi connectivity index (χ0v) is 12.3. The highest BCUT2D eigenvalue weighted by Crippen LogP contribution is 2.22. The summed E-state index contributed by atoms with van der Waals surface area (Å²) >= 11 is 0. The van der Waals surface area contributed by atoms with Gasteiger partial charge in [0.05, 0.1) is 20.4 Å². The lowest BCUT2D eigenvalue weighted by Crippen LogP contribution is -2.16. The van der Waals surface area contributed by atoms with Gasteiger partial charge < -0.3 is 9.47 Å². The first kappa shape index (κ1) is 16.0. The molecule has 0 aliphatic heterocycles. The minimum atomic E-state index is -0.0674. The summed E-state index contributed by atoms with van der Waals surface area (Å²) in [5, 5.41) is 3.94. The third-order valence-corrected chi connectivity index (χ3v) is 2.84. The Balaban J connectivity index is 2.55. The number of carbonyl (C=O) groups excluding carboxylic acids is 1. The zero-order valence-electron chi connectivity index (χ0n) is 12.3. The van der Waals surface area contributed by atoms with Crippen LogP contribution in [0.5, 0.6) is 11.5 Å². The van der Waals surface area contributed by atoms with Crippen molar-refractivity contribution in [3.05, 3.63) is 23.8 Å². The Kier molecular flexibility index (Phi) is 7.17. The molecule has 1 aromatic carbocycles. The van der Waals surface area contributed by atoms with E-state index in [-0.39, 0.29) is 5.91 Å². The molecule has 5 nitrogen and oxygen atoms in total. The van der Waals surface area contributed by atoms with Gasteiger partial charge in [0.25, 0.3) is 0 Å². The predicted molar refractivity (Wildman–Crippen MR) is 79.4 cm³/mol. The Hall–Kier alpha value is -2.04. The Bertz CT molecular complexity index is 458. The molecule has 20 heavy (non-hydrogen) atoms. The van der Waals surface area contributed by atoms with E-state index in [1.807, 2.05) is 12.1 Å². The molecule has 0 fully saturated rings. The van der Waals surface area contributed by atoms with Crippen molar-refractivity contribution in [1.82, 2.24) is 5.43 Å². The number of benzene rings is 1. The first-order valence-electron chi connectivity index (χ1n) is 6.75. The molecule has 1 N–H and O–H groups in total. The maximum atomic E-state index is 11.5. The first-order valence-corrected chi connectivity index (χ1v) is 6.75. The topological polar surface area (TPSA) is 59.9 Å². The lowest BCUT2D eigenvalue weighted by atomic mass is 10.2. The van der Waals surface area contributed by atoms with Gasteiger partial charge in [-0.1, -0.05) is 19.8 Å². The van der Waals surface area contributed by atoms with Crippen molar-refractivity contribution in [3.8, 4) is 11.5 Å². The van der Waals surface area contributed by atoms with Crippen molar-refractivity contribution in [1.29, 1.82) is 0 Å². The van der Waals surface area contributed by atoms with Crippen LogP contribution < -0.4 is 14.9 Å². The molecule has 0 bridgehead atoms. The predicted octanol–water partition coefficient (Wildman–Crippen LogP) is 2.73. The second-order valence-corrected chi connectivity index (χ2v) is 4.36. The SMILES string of the molecule is CCCCCC(=O)N/N=C\c1ccc(OC)cc1OC. The van der Waals surface area contributed by atoms with E-state index in [1.165, 1.54) is 0 Å². The minimum absolute atomic E-state index is 0.0674. The zero-order chi connectivity index (χ0) is 14.8. The number of unbranched alkanes of at least 4 members (excludes halogenated alkanes) is 2. The summed E-state index contributed by atoms with van der Waals surface area (Å²) in [5.74, 6) is 1.29. The van der Waals surface area contributed by atoms with Crippen LogP contribution in [0.3, 0.4) is 0 Å². The molecule has 5 heteroatoms. The fourth-order valence-corrected chi connectivity index (χ4v) is 1.69. The summed E-state index contributed by atoms with van der Waals surface area (Å²) in [6.45, 7) is 2.10. The molecular weight excluding hydrogens is 256 g/mol. The number of methoxy groups -OCH3 is 2. The van der Waals surface area contributed by atoms with Crippen LogP contribution in [-0.2, 0) is 4.79 Å². The normalized spacial score (nSPS) is 10.6. The Morgan fingerprint density at radius 3 is 2.75 bits per heavy atom. The monoisotopic (exact) mass is 278 g/mol. The molecule has 0 aliphatic carbocycles. The van der Waals surface area contributed by atoms with E-state index in [0.29, 0.717) is 17.9 Å². The van der Waals surface area contributed by atoms with Gasteiger partial charge in [0.1, 0.15) is 11.5 Å². The van der Waals surface area contributed by atoms with Gasteiger partial charge in [-0.3, -0.25) is 4.79 Å². The summed E-state index contributed by atoms with van der Waals surface area (Å²) in [5.41, 5.74) is 3.29. The third-order valence-electron chi connectivity index (χ3n) is 2.84. The second kappa shape index (κ2) is 8.96. The number of ether oxygens (including phenoxy) is 2. The van der Waals surface area contributed by atoms with E-state index in [2.05, 4.69) is 17.5 Å². The molecule has 0 aliphatic rings. The van der Waals surface area contributed by atoms with Gasteiger partial charge in [0, 0.05) is 18.1 Å². The Morgan fingerprint density at radius 2 is 2.10 bits per heavy atom. The summed E-state index contributed by atoms with van der Waals surface area (Å²) < 4.78 is 10.4. The number of rotatable bonds is 8. The largest absolute Gasteiger partial charge is 0.497 e. The van der Waals surface area contributed by atoms with Crippen molar-refractivity contribution >= 4 is 12.1 Å². The molecule has 0 spiro atoms. The van der Waals surface area contributed by atoms with Crippen LogP contribution >= 0.6 is 0 Å². The number of nitrogens with zero attached hydrogens (tertiary/aromatic N) is 1. The van der Waals surface area contributed by atoms with Gasteiger partial charge in [-0.25, -0.2) is 5.43 Å². The number of hydrazone groups is 1. The van der Waals surface area contributed by atoms with Gasteiger partial charge in [-0.2, -0.15) is 5.10 Å². The van der Waals surface area contributed by atoms with Gasteiger partial charge in [0.2, 0.25) is 5.91 Å². The van der Waals surface area contributed by atoms with Crippen molar-refractivity contribution < 1.29 is 14.3 Å². The molecule has 1 amide bonds. The maximum Gasteiger partial charge on any atom is 0.240 e. The molecule has 0 saturated carbocycles. The molecular formula is C15H22N2O3. The molecule has 0 saturated heterocycles. The second-order valence-electron chi connectivity index (χ2n) is 4.36. The van der Waals surface area contributed by atoms with Crippen LogP contribution in [0, 0.1) is 0 Å². The van der Waals surface area contributed by atoms with Crippen molar-refractivity contribution in [2.45, 2.75) is 32.6 Å². The summed E-state index contributed by atoms with van der Waals surface area (Å²) in [6, 6.07) is 5.40. The summed E-state index contributed by atoms with van der Waals surface area (Å²) in [6.07, 6.45) is 5.12. The average Bonchev–Trinajstić information content (AvgIpc) is 2.47. The Morgan fingerprint density at radius 1 is 1.30 bits per heavy atom. The first-order chi connectivity index (χ1) is 9.71. The number of carbonyl (C=O) groups is 1. The molecule has 110 valence electrons. The van der Waals surface area contributed by atoms with E-state index < -0.39 is 0 Å². The Labute approximate surface area is 120 Å². The molecule has 0 radical (unpaired) electrons. The number of amides is 1. The van der Waals surface area contributed by atoms with Crippen molar-refractivity contribution in [3.63, 3.8) is 0 Å². The van der Waals surface area contributed by atoms with E-state index in [0.717, 1.165) is 24.8 Å². The van der Waals surface area contributed by atoms with Gasteiger partial charge in [0.15, 0.2) is 0 Å². The fourth-order valence-electron chi connectivity index (χ4n) is 1.69. The minimum Gasteiger partial charge on any atom is -0.497 e. The average molecular weight is 278 g/mol. The highest BCUT2D eigenvalue weighted by molar-refractivity contribution is 5.85. The van der Waals surface area contributed by atoms with Gasteiger partial charge in [-0.05, 0) is 18.6 Å². The van der Waals surface area contributed by atoms with E-state index in [9.17, 15) is 4.79 Å². The molecule has 0 aromatic heterocycles. The molecule has 1 rings (SSSR count). The van der Waals surface area contributed by atoms with Crippen LogP contribution in [0.25, 0.3) is 0 Å². The summed E-state index contributed by atoms with van der Waals surface area (Å²) in [7, 11) is 3.18. The highest BCUT2D eigenvalue weighted by Gasteiger charge is 2.03. The fraction of sp³-hybridized carbons (Fsp3) is 0.467. The smallest absolute Gasteiger partial charge is 0.240 e. The van der Waals surface area contributed by atoms with Crippen LogP contribution in [-0.4, -0.2) is 26.3 Å². The number of nitrogens with one attached hydrogen (secondary N) is 1. The third kappa shape index (κ3) is 5.30. The number of hydrogen-bond donors (Lipinski definition) is 1. The van der Waals surface area contributed by atoms with E-state index in [4.69, 9.17) is 9.47 Å². The lowest BCUT2D eigenvalue weighted by Gasteiger charge is -2.06. The standard InChI is InChI=1S/C15H22N2O3/c1-4-5-6-7-15(18)17-16-11-12-8-9-13(19-2)10-14(12)20-3/h8-11H,4-7H2,1-3H3,(H,17,18)/b16-11-. The van der Waals surface area contributed by atoms with Gasteiger partial charge in [-0.15, -0.1) is 0 Å². The molecule has 1 aromatic rings. The van der Waals surface area contributed by atoms with Gasteiger partial charge >= 0.3 is 0 Å². The van der Waals surface area contributed by atoms with E-state index >= 15 is 0 Å². The lowest BCUT2D eigenvalue weighted by molar-refractivity contribution is -0.121. The highest BCUT2D eigenvalue weighted by atomic mass is 16.5. The van der Waals surface area contributed by atoms with E-state index in [1.54, 1.807) is 26.5 Å². The maximum absolute atomic E-state index is 11.5. The van der Waals surface area contributed by atoms with Crippen LogP contribution in [0.4, 0.5) is 0 Å². The number of hydrogen-bond acceptors (Lipinski definition) is 4. The van der Waals surface area contributed by atoms with Crippen LogP contribution in [0.1, 0.15) is 38.2 Å². The summed E-state index contributed by atoms with van der Waals surface area (Å²) in [4.78, 5) is 11.5.